The summed E-state index contributed by atoms with van der Waals surface area (Å²) in [6.45, 7) is 0. The number of rotatable bonds is 2. The summed E-state index contributed by atoms with van der Waals surface area (Å²) in [6, 6.07) is 34.4. The van der Waals surface area contributed by atoms with Gasteiger partial charge in [0.15, 0.2) is 0 Å². The highest BCUT2D eigenvalue weighted by molar-refractivity contribution is 7.26. The van der Waals surface area contributed by atoms with Gasteiger partial charge in [-0.25, -0.2) is 0 Å². The second kappa shape index (κ2) is 6.54. The summed E-state index contributed by atoms with van der Waals surface area (Å²) in [5.74, 6) is 0. The van der Waals surface area contributed by atoms with Gasteiger partial charge in [-0.1, -0.05) is 84.9 Å². The first-order valence-corrected chi connectivity index (χ1v) is 10.5. The number of hydrogen-bond donors (Lipinski definition) is 0. The molecule has 2 heterocycles. The summed E-state index contributed by atoms with van der Waals surface area (Å²) in [6.07, 6.45) is 2.00. The summed E-state index contributed by atoms with van der Waals surface area (Å²) < 4.78 is 2.63. The maximum Gasteiger partial charge on any atom is 0.0716 e. The number of thiophene rings is 1. The van der Waals surface area contributed by atoms with Gasteiger partial charge in [-0.2, -0.15) is 0 Å². The van der Waals surface area contributed by atoms with Crippen LogP contribution in [-0.2, 0) is 0 Å². The lowest BCUT2D eigenvalue weighted by atomic mass is 9.99. The number of pyridine rings is 1. The fourth-order valence-electron chi connectivity index (χ4n) is 4.14. The van der Waals surface area contributed by atoms with Gasteiger partial charge in [-0.15, -0.1) is 11.3 Å². The minimum Gasteiger partial charge on any atom is -0.256 e. The second-order valence-corrected chi connectivity index (χ2v) is 8.29. The van der Waals surface area contributed by atoms with Gasteiger partial charge in [-0.05, 0) is 28.5 Å². The molecule has 0 amide bonds. The molecule has 2 aromatic heterocycles. The Balaban J connectivity index is 1.50. The van der Waals surface area contributed by atoms with Crippen molar-refractivity contribution in [2.75, 3.05) is 0 Å². The van der Waals surface area contributed by atoms with Crippen molar-refractivity contribution in [2.24, 2.45) is 0 Å². The molecule has 0 radical (unpaired) electrons. The maximum atomic E-state index is 4.86. The first-order valence-electron chi connectivity index (χ1n) is 9.73. The molecule has 29 heavy (non-hydrogen) atoms. The van der Waals surface area contributed by atoms with Crippen LogP contribution in [0.3, 0.4) is 0 Å². The molecule has 0 aliphatic heterocycles. The minimum absolute atomic E-state index is 1.02. The number of fused-ring (bicyclic) bond motifs is 4. The zero-order chi connectivity index (χ0) is 19.2. The zero-order valence-electron chi connectivity index (χ0n) is 15.7. The second-order valence-electron chi connectivity index (χ2n) is 7.24. The van der Waals surface area contributed by atoms with Crippen LogP contribution in [0.5, 0.6) is 0 Å². The van der Waals surface area contributed by atoms with E-state index in [-0.39, 0.29) is 0 Å². The molecule has 0 saturated heterocycles. The Bertz CT molecular complexity index is 1490. The van der Waals surface area contributed by atoms with Crippen molar-refractivity contribution >= 4 is 42.3 Å². The van der Waals surface area contributed by atoms with Gasteiger partial charge in [0.25, 0.3) is 0 Å². The summed E-state index contributed by atoms with van der Waals surface area (Å²) in [5, 5.41) is 5.14. The van der Waals surface area contributed by atoms with Gasteiger partial charge < -0.3 is 0 Å². The molecule has 6 aromatic rings. The average molecular weight is 388 g/mol. The summed E-state index contributed by atoms with van der Waals surface area (Å²) in [5.41, 5.74) is 4.59. The Hall–Kier alpha value is -3.49. The Morgan fingerprint density at radius 3 is 2.17 bits per heavy atom. The molecule has 0 saturated carbocycles. The molecule has 136 valence electrons. The Kier molecular flexibility index (Phi) is 3.71. The van der Waals surface area contributed by atoms with E-state index in [2.05, 4.69) is 97.1 Å². The Morgan fingerprint density at radius 1 is 0.552 bits per heavy atom. The summed E-state index contributed by atoms with van der Waals surface area (Å²) >= 11 is 1.85. The molecule has 0 unspecified atom stereocenters. The first-order chi connectivity index (χ1) is 14.4. The van der Waals surface area contributed by atoms with Gasteiger partial charge in [0.05, 0.1) is 5.69 Å². The van der Waals surface area contributed by atoms with Crippen LogP contribution in [-0.4, -0.2) is 4.98 Å². The normalized spacial score (nSPS) is 11.4. The van der Waals surface area contributed by atoms with Gasteiger partial charge in [0.1, 0.15) is 0 Å². The highest BCUT2D eigenvalue weighted by Gasteiger charge is 2.11. The van der Waals surface area contributed by atoms with E-state index >= 15 is 0 Å². The van der Waals surface area contributed by atoms with Crippen molar-refractivity contribution in [1.29, 1.82) is 0 Å². The van der Waals surface area contributed by atoms with E-state index in [4.69, 9.17) is 4.98 Å². The summed E-state index contributed by atoms with van der Waals surface area (Å²) in [4.78, 5) is 4.86. The zero-order valence-corrected chi connectivity index (χ0v) is 16.5. The summed E-state index contributed by atoms with van der Waals surface area (Å²) in [7, 11) is 0. The third-order valence-electron chi connectivity index (χ3n) is 5.54. The molecule has 4 aromatic carbocycles. The molecule has 0 fully saturated rings. The standard InChI is InChI=1S/C27H17NS/c1-2-9-20-18(7-1)8-5-11-21(20)19-15-16-25(28-17-19)24-13-6-12-23-22-10-3-4-14-26(22)29-27(23)24/h1-17H. The Labute approximate surface area is 172 Å². The molecular weight excluding hydrogens is 370 g/mol. The van der Waals surface area contributed by atoms with Crippen molar-refractivity contribution < 1.29 is 0 Å². The van der Waals surface area contributed by atoms with Crippen LogP contribution in [0.4, 0.5) is 0 Å². The van der Waals surface area contributed by atoms with Crippen molar-refractivity contribution in [2.45, 2.75) is 0 Å². The van der Waals surface area contributed by atoms with E-state index in [0.717, 1.165) is 11.3 Å². The van der Waals surface area contributed by atoms with Gasteiger partial charge in [-0.3, -0.25) is 4.98 Å². The minimum atomic E-state index is 1.02. The maximum absolute atomic E-state index is 4.86. The number of hydrogen-bond acceptors (Lipinski definition) is 2. The third kappa shape index (κ3) is 2.65. The number of benzene rings is 4. The fourth-order valence-corrected chi connectivity index (χ4v) is 5.36. The van der Waals surface area contributed by atoms with Crippen LogP contribution >= 0.6 is 11.3 Å². The first kappa shape index (κ1) is 16.5. The van der Waals surface area contributed by atoms with Crippen LogP contribution in [0.2, 0.25) is 0 Å². The number of aromatic nitrogens is 1. The van der Waals surface area contributed by atoms with Crippen LogP contribution in [0, 0.1) is 0 Å². The SMILES string of the molecule is c1ccc2c(-c3ccc(-c4cccc5c4sc4ccccc45)nc3)cccc2c1. The Morgan fingerprint density at radius 2 is 1.28 bits per heavy atom. The largest absolute Gasteiger partial charge is 0.256 e. The monoisotopic (exact) mass is 387 g/mol. The van der Waals surface area contributed by atoms with E-state index in [9.17, 15) is 0 Å². The highest BCUT2D eigenvalue weighted by atomic mass is 32.1. The smallest absolute Gasteiger partial charge is 0.0716 e. The topological polar surface area (TPSA) is 12.9 Å². The van der Waals surface area contributed by atoms with Crippen LogP contribution < -0.4 is 0 Å². The predicted molar refractivity (Wildman–Crippen MR) is 126 cm³/mol. The van der Waals surface area contributed by atoms with Crippen LogP contribution in [0.1, 0.15) is 0 Å². The van der Waals surface area contributed by atoms with Gasteiger partial charge in [0.2, 0.25) is 0 Å². The van der Waals surface area contributed by atoms with Gasteiger partial charge >= 0.3 is 0 Å². The van der Waals surface area contributed by atoms with E-state index < -0.39 is 0 Å². The fraction of sp³-hybridized carbons (Fsp3) is 0. The molecule has 0 spiro atoms. The van der Waals surface area contributed by atoms with Crippen LogP contribution in [0.25, 0.3) is 53.3 Å². The van der Waals surface area contributed by atoms with E-state index in [1.165, 1.54) is 42.1 Å². The molecule has 6 rings (SSSR count). The molecule has 0 aliphatic rings. The lowest BCUT2D eigenvalue weighted by Gasteiger charge is -2.08. The van der Waals surface area contributed by atoms with Crippen LogP contribution in [0.15, 0.2) is 103 Å². The van der Waals surface area contributed by atoms with E-state index in [1.54, 1.807) is 0 Å². The third-order valence-corrected chi connectivity index (χ3v) is 6.76. The molecule has 1 nitrogen and oxygen atoms in total. The van der Waals surface area contributed by atoms with Crippen molar-refractivity contribution in [3.63, 3.8) is 0 Å². The average Bonchev–Trinajstić information content (AvgIpc) is 3.18. The molecule has 0 N–H and O–H groups in total. The number of nitrogens with zero attached hydrogens (tertiary/aromatic N) is 1. The quantitative estimate of drug-likeness (QED) is 0.294. The molecular formula is C27H17NS. The van der Waals surface area contributed by atoms with E-state index in [0.29, 0.717) is 0 Å². The molecule has 0 atom stereocenters. The lowest BCUT2D eigenvalue weighted by molar-refractivity contribution is 1.34. The highest BCUT2D eigenvalue weighted by Crippen LogP contribution is 2.39. The molecule has 2 heteroatoms. The van der Waals surface area contributed by atoms with Crippen molar-refractivity contribution in [1.82, 2.24) is 4.98 Å². The lowest BCUT2D eigenvalue weighted by Crippen LogP contribution is -1.86. The predicted octanol–water partition coefficient (Wildman–Crippen LogP) is 7.94. The van der Waals surface area contributed by atoms with E-state index in [1.807, 2.05) is 17.5 Å². The van der Waals surface area contributed by atoms with Crippen molar-refractivity contribution in [3.05, 3.63) is 103 Å². The molecule has 0 bridgehead atoms. The van der Waals surface area contributed by atoms with Gasteiger partial charge in [0, 0.05) is 37.5 Å². The molecule has 0 aliphatic carbocycles. The van der Waals surface area contributed by atoms with Crippen molar-refractivity contribution in [3.8, 4) is 22.4 Å².